The fraction of sp³-hybridized carbons (Fsp3) is 0.350. The van der Waals surface area contributed by atoms with Crippen LogP contribution >= 0.6 is 0 Å². The molecule has 1 fully saturated rings. The lowest BCUT2D eigenvalue weighted by molar-refractivity contribution is 0.252. The molecule has 1 aliphatic heterocycles. The molecule has 152 valence electrons. The van der Waals surface area contributed by atoms with Crippen LogP contribution in [0.4, 0.5) is 20.8 Å². The number of halogens is 1. The molecule has 0 atom stereocenters. The van der Waals surface area contributed by atoms with E-state index < -0.39 is 0 Å². The number of rotatable bonds is 5. The number of carbonyl (C=O) groups excluding carboxylic acids is 1. The summed E-state index contributed by atoms with van der Waals surface area (Å²) >= 11 is 0. The Labute approximate surface area is 168 Å². The highest BCUT2D eigenvalue weighted by molar-refractivity contribution is 5.89. The van der Waals surface area contributed by atoms with E-state index in [1.165, 1.54) is 12.1 Å². The number of benzene rings is 1. The third-order valence-electron chi connectivity index (χ3n) is 5.01. The lowest BCUT2D eigenvalue weighted by atomic mass is 10.1. The van der Waals surface area contributed by atoms with Crippen LogP contribution in [0.5, 0.6) is 0 Å². The van der Waals surface area contributed by atoms with Gasteiger partial charge in [0.2, 0.25) is 5.95 Å². The van der Waals surface area contributed by atoms with Crippen molar-refractivity contribution in [3.63, 3.8) is 0 Å². The average Bonchev–Trinajstić information content (AvgIpc) is 3.04. The van der Waals surface area contributed by atoms with E-state index in [0.29, 0.717) is 24.6 Å². The summed E-state index contributed by atoms with van der Waals surface area (Å²) in [5, 5.41) is 9.86. The van der Waals surface area contributed by atoms with Gasteiger partial charge in [0.15, 0.2) is 0 Å². The first-order valence-electron chi connectivity index (χ1n) is 9.66. The zero-order valence-electron chi connectivity index (χ0n) is 16.3. The Bertz CT molecular complexity index is 996. The summed E-state index contributed by atoms with van der Waals surface area (Å²) in [6, 6.07) is 4.44. The minimum absolute atomic E-state index is 0.257. The summed E-state index contributed by atoms with van der Waals surface area (Å²) in [4.78, 5) is 22.9. The highest BCUT2D eigenvalue weighted by Crippen LogP contribution is 2.21. The Morgan fingerprint density at radius 2 is 2.00 bits per heavy atom. The van der Waals surface area contributed by atoms with Crippen molar-refractivity contribution >= 4 is 28.6 Å². The third-order valence-corrected chi connectivity index (χ3v) is 5.01. The van der Waals surface area contributed by atoms with Crippen LogP contribution in [0, 0.1) is 5.82 Å². The molecule has 0 spiro atoms. The number of carbonyl (C=O) groups is 1. The van der Waals surface area contributed by atoms with E-state index in [1.807, 2.05) is 17.8 Å². The van der Waals surface area contributed by atoms with Crippen LogP contribution in [0.3, 0.4) is 0 Å². The normalized spacial score (nSPS) is 14.2. The Morgan fingerprint density at radius 1 is 1.24 bits per heavy atom. The van der Waals surface area contributed by atoms with Gasteiger partial charge in [0.1, 0.15) is 5.82 Å². The van der Waals surface area contributed by atoms with Crippen molar-refractivity contribution in [2.24, 2.45) is 7.05 Å². The Kier molecular flexibility index (Phi) is 5.57. The monoisotopic (exact) mass is 397 g/mol. The van der Waals surface area contributed by atoms with Gasteiger partial charge in [-0.25, -0.2) is 19.2 Å². The largest absolute Gasteiger partial charge is 0.350 e. The van der Waals surface area contributed by atoms with Gasteiger partial charge in [-0.2, -0.15) is 0 Å². The molecule has 3 aromatic rings. The molecule has 4 rings (SSSR count). The molecule has 3 heterocycles. The van der Waals surface area contributed by atoms with E-state index in [9.17, 15) is 9.18 Å². The lowest BCUT2D eigenvalue weighted by Crippen LogP contribution is -2.44. The van der Waals surface area contributed by atoms with Gasteiger partial charge in [0.25, 0.3) is 0 Å². The van der Waals surface area contributed by atoms with Gasteiger partial charge in [-0.15, -0.1) is 0 Å². The predicted octanol–water partition coefficient (Wildman–Crippen LogP) is 1.88. The minimum atomic E-state index is -0.310. The Balaban J connectivity index is 1.29. The second-order valence-corrected chi connectivity index (χ2v) is 7.07. The number of piperazine rings is 1. The summed E-state index contributed by atoms with van der Waals surface area (Å²) in [7, 11) is 1.88. The smallest absolute Gasteiger partial charge is 0.319 e. The molecule has 3 N–H and O–H groups in total. The van der Waals surface area contributed by atoms with E-state index in [4.69, 9.17) is 0 Å². The van der Waals surface area contributed by atoms with Crippen LogP contribution in [0.15, 0.2) is 36.8 Å². The molecule has 2 aromatic heterocycles. The molecule has 29 heavy (non-hydrogen) atoms. The maximum atomic E-state index is 13.4. The van der Waals surface area contributed by atoms with E-state index in [0.717, 1.165) is 42.6 Å². The van der Waals surface area contributed by atoms with Gasteiger partial charge in [-0.05, 0) is 30.2 Å². The van der Waals surface area contributed by atoms with Crippen molar-refractivity contribution in [3.8, 4) is 0 Å². The van der Waals surface area contributed by atoms with Gasteiger partial charge < -0.3 is 25.4 Å². The lowest BCUT2D eigenvalue weighted by Gasteiger charge is -2.27. The van der Waals surface area contributed by atoms with Gasteiger partial charge >= 0.3 is 6.03 Å². The molecule has 0 radical (unpaired) electrons. The molecule has 0 saturated carbocycles. The number of anilines is 2. The quantitative estimate of drug-likeness (QED) is 0.612. The first kappa shape index (κ1) is 19.1. The Hall–Kier alpha value is -3.20. The fourth-order valence-electron chi connectivity index (χ4n) is 3.54. The molecular weight excluding hydrogens is 373 g/mol. The van der Waals surface area contributed by atoms with Crippen LogP contribution in [0.2, 0.25) is 0 Å². The first-order chi connectivity index (χ1) is 14.1. The van der Waals surface area contributed by atoms with Crippen LogP contribution in [-0.4, -0.2) is 53.3 Å². The number of hydrogen-bond acceptors (Lipinski definition) is 5. The molecule has 2 amide bonds. The number of urea groups is 1. The van der Waals surface area contributed by atoms with Crippen molar-refractivity contribution < 1.29 is 9.18 Å². The summed E-state index contributed by atoms with van der Waals surface area (Å²) in [6.07, 6.45) is 5.84. The van der Waals surface area contributed by atoms with E-state index in [2.05, 4.69) is 30.8 Å². The van der Waals surface area contributed by atoms with Crippen LogP contribution in [0.25, 0.3) is 10.9 Å². The summed E-state index contributed by atoms with van der Waals surface area (Å²) < 4.78 is 15.3. The molecule has 8 nitrogen and oxygen atoms in total. The number of aryl methyl sites for hydroxylation is 1. The van der Waals surface area contributed by atoms with Crippen molar-refractivity contribution in [3.05, 3.63) is 48.2 Å². The average molecular weight is 397 g/mol. The Morgan fingerprint density at radius 3 is 2.76 bits per heavy atom. The molecule has 1 saturated heterocycles. The van der Waals surface area contributed by atoms with Gasteiger partial charge in [0.05, 0.1) is 23.6 Å². The second-order valence-electron chi connectivity index (χ2n) is 7.07. The van der Waals surface area contributed by atoms with Crippen molar-refractivity contribution in [2.45, 2.75) is 6.42 Å². The number of hydrogen-bond donors (Lipinski definition) is 3. The molecular formula is C20H24FN7O. The van der Waals surface area contributed by atoms with Crippen molar-refractivity contribution in [1.29, 1.82) is 0 Å². The molecule has 9 heteroatoms. The topological polar surface area (TPSA) is 87.1 Å². The van der Waals surface area contributed by atoms with E-state index in [1.54, 1.807) is 18.5 Å². The second kappa shape index (κ2) is 8.44. The summed E-state index contributed by atoms with van der Waals surface area (Å²) in [5.41, 5.74) is 2.44. The molecule has 1 aliphatic rings. The number of fused-ring (bicyclic) bond motifs is 1. The molecule has 0 bridgehead atoms. The molecule has 0 aliphatic carbocycles. The number of nitrogens with one attached hydrogen (secondary N) is 3. The predicted molar refractivity (Wildman–Crippen MR) is 111 cm³/mol. The van der Waals surface area contributed by atoms with Gasteiger partial charge in [-0.3, -0.25) is 0 Å². The number of nitrogens with zero attached hydrogens (tertiary/aromatic N) is 4. The first-order valence-corrected chi connectivity index (χ1v) is 9.66. The molecule has 1 aromatic carbocycles. The van der Waals surface area contributed by atoms with E-state index >= 15 is 0 Å². The minimum Gasteiger partial charge on any atom is -0.350 e. The number of amides is 2. The standard InChI is InChI=1S/C20H24FN7O/c1-27-13-14(17-3-2-15(21)10-18(17)27)4-5-23-20(29)26-16-11-24-19(25-12-16)28-8-6-22-7-9-28/h2-3,10-13,22H,4-9H2,1H3,(H2,23,26,29). The highest BCUT2D eigenvalue weighted by Gasteiger charge is 2.13. The van der Waals surface area contributed by atoms with Crippen molar-refractivity contribution in [1.82, 2.24) is 25.2 Å². The maximum absolute atomic E-state index is 13.4. The fourth-order valence-corrected chi connectivity index (χ4v) is 3.54. The molecule has 0 unspecified atom stereocenters. The van der Waals surface area contributed by atoms with Crippen LogP contribution in [-0.2, 0) is 13.5 Å². The van der Waals surface area contributed by atoms with Crippen LogP contribution in [0.1, 0.15) is 5.56 Å². The zero-order chi connectivity index (χ0) is 20.2. The third kappa shape index (κ3) is 4.45. The SMILES string of the molecule is Cn1cc(CCNC(=O)Nc2cnc(N3CCNCC3)nc2)c2ccc(F)cc21. The summed E-state index contributed by atoms with van der Waals surface area (Å²) in [6.45, 7) is 4.03. The van der Waals surface area contributed by atoms with E-state index in [-0.39, 0.29) is 11.8 Å². The highest BCUT2D eigenvalue weighted by atomic mass is 19.1. The zero-order valence-corrected chi connectivity index (χ0v) is 16.3. The van der Waals surface area contributed by atoms with Crippen LogP contribution < -0.4 is 20.9 Å². The summed E-state index contributed by atoms with van der Waals surface area (Å²) in [5.74, 6) is 0.415. The van der Waals surface area contributed by atoms with Gasteiger partial charge in [0, 0.05) is 51.4 Å². The van der Waals surface area contributed by atoms with Gasteiger partial charge in [-0.1, -0.05) is 0 Å². The van der Waals surface area contributed by atoms with Crippen molar-refractivity contribution in [2.75, 3.05) is 42.9 Å². The maximum Gasteiger partial charge on any atom is 0.319 e. The number of aromatic nitrogens is 3.